The standard InChI is InChI=1S/C20H19N3O2S/c1-11(24)21-8-7-14-17-16-13(12-4-2-3-5-15(12)23-17)6-9-22-18(16)19-20(14)26-10-25-19/h2-6,9,13,16,23H,7-8,10H2,1H3,(H,21,24). The van der Waals surface area contributed by atoms with E-state index in [4.69, 9.17) is 4.74 Å². The van der Waals surface area contributed by atoms with Crippen molar-refractivity contribution < 1.29 is 9.53 Å². The van der Waals surface area contributed by atoms with Gasteiger partial charge < -0.3 is 15.4 Å². The third-order valence-electron chi connectivity index (χ3n) is 5.25. The van der Waals surface area contributed by atoms with Crippen LogP contribution in [-0.4, -0.2) is 24.1 Å². The summed E-state index contributed by atoms with van der Waals surface area (Å²) in [6.07, 6.45) is 4.88. The van der Waals surface area contributed by atoms with E-state index in [9.17, 15) is 4.79 Å². The first-order valence-electron chi connectivity index (χ1n) is 8.82. The highest BCUT2D eigenvalue weighted by Gasteiger charge is 2.45. The Morgan fingerprint density at radius 1 is 1.42 bits per heavy atom. The molecule has 2 unspecified atom stereocenters. The zero-order valence-corrected chi connectivity index (χ0v) is 15.2. The number of benzene rings is 1. The number of carbonyl (C=O) groups is 1. The van der Waals surface area contributed by atoms with Crippen LogP contribution in [-0.2, 0) is 9.53 Å². The second-order valence-corrected chi connectivity index (χ2v) is 7.69. The summed E-state index contributed by atoms with van der Waals surface area (Å²) in [7, 11) is 0. The number of ether oxygens (including phenoxy) is 1. The lowest BCUT2D eigenvalue weighted by Gasteiger charge is -2.40. The molecule has 1 amide bonds. The first kappa shape index (κ1) is 15.8. The van der Waals surface area contributed by atoms with E-state index in [2.05, 4.69) is 46.0 Å². The van der Waals surface area contributed by atoms with Crippen molar-refractivity contribution in [1.29, 1.82) is 0 Å². The van der Waals surface area contributed by atoms with E-state index < -0.39 is 0 Å². The largest absolute Gasteiger partial charge is 0.480 e. The smallest absolute Gasteiger partial charge is 0.216 e. The van der Waals surface area contributed by atoms with Crippen LogP contribution in [0.2, 0.25) is 0 Å². The molecule has 0 aromatic heterocycles. The zero-order valence-electron chi connectivity index (χ0n) is 14.4. The molecule has 0 radical (unpaired) electrons. The lowest BCUT2D eigenvalue weighted by molar-refractivity contribution is -0.118. The molecule has 2 N–H and O–H groups in total. The van der Waals surface area contributed by atoms with Crippen LogP contribution in [0, 0.1) is 5.92 Å². The van der Waals surface area contributed by atoms with Gasteiger partial charge in [-0.2, -0.15) is 0 Å². The summed E-state index contributed by atoms with van der Waals surface area (Å²) >= 11 is 1.72. The summed E-state index contributed by atoms with van der Waals surface area (Å²) in [6, 6.07) is 8.46. The maximum absolute atomic E-state index is 11.3. The third-order valence-corrected chi connectivity index (χ3v) is 6.21. The number of nitrogens with zero attached hydrogens (tertiary/aromatic N) is 1. The second-order valence-electron chi connectivity index (χ2n) is 6.76. The second kappa shape index (κ2) is 6.06. The van der Waals surface area contributed by atoms with E-state index in [-0.39, 0.29) is 17.7 Å². The molecule has 1 aromatic rings. The van der Waals surface area contributed by atoms with E-state index in [1.165, 1.54) is 21.7 Å². The molecule has 6 heteroatoms. The highest BCUT2D eigenvalue weighted by Crippen LogP contribution is 2.52. The number of thioether (sulfide) groups is 1. The van der Waals surface area contributed by atoms with Gasteiger partial charge in [0.05, 0.1) is 16.5 Å². The zero-order chi connectivity index (χ0) is 17.7. The van der Waals surface area contributed by atoms with Crippen molar-refractivity contribution in [3.05, 3.63) is 64.0 Å². The fourth-order valence-corrected chi connectivity index (χ4v) is 5.17. The predicted octanol–water partition coefficient (Wildman–Crippen LogP) is 3.51. The van der Waals surface area contributed by atoms with Crippen LogP contribution in [0.25, 0.3) is 0 Å². The van der Waals surface area contributed by atoms with Crippen molar-refractivity contribution in [1.82, 2.24) is 5.32 Å². The van der Waals surface area contributed by atoms with Crippen molar-refractivity contribution in [2.75, 3.05) is 17.8 Å². The molecule has 1 aromatic carbocycles. The number of anilines is 1. The summed E-state index contributed by atoms with van der Waals surface area (Å²) in [5.41, 5.74) is 5.92. The molecular weight excluding hydrogens is 346 g/mol. The first-order valence-corrected chi connectivity index (χ1v) is 9.81. The van der Waals surface area contributed by atoms with Crippen molar-refractivity contribution in [2.45, 2.75) is 19.3 Å². The summed E-state index contributed by atoms with van der Waals surface area (Å²) in [4.78, 5) is 17.2. The van der Waals surface area contributed by atoms with E-state index in [1.54, 1.807) is 18.7 Å². The normalized spacial score (nSPS) is 24.9. The molecule has 3 heterocycles. The van der Waals surface area contributed by atoms with Crippen LogP contribution < -0.4 is 10.6 Å². The van der Waals surface area contributed by atoms with Crippen molar-refractivity contribution in [3.8, 4) is 0 Å². The molecule has 2 atom stereocenters. The Labute approximate surface area is 156 Å². The molecule has 5 nitrogen and oxygen atoms in total. The number of fused-ring (bicyclic) bond motifs is 3. The number of rotatable bonds is 3. The average molecular weight is 365 g/mol. The van der Waals surface area contributed by atoms with Crippen LogP contribution in [0.5, 0.6) is 0 Å². The van der Waals surface area contributed by atoms with E-state index in [0.29, 0.717) is 12.5 Å². The minimum absolute atomic E-state index is 0.00128. The Morgan fingerprint density at radius 3 is 3.19 bits per heavy atom. The van der Waals surface area contributed by atoms with Crippen molar-refractivity contribution in [3.63, 3.8) is 0 Å². The lowest BCUT2D eigenvalue weighted by Crippen LogP contribution is -2.37. The van der Waals surface area contributed by atoms with Gasteiger partial charge in [0.2, 0.25) is 5.91 Å². The number of aliphatic imine (C=N–C) groups is 1. The molecule has 5 rings (SSSR count). The number of amides is 1. The molecule has 1 aliphatic carbocycles. The quantitative estimate of drug-likeness (QED) is 0.860. The highest BCUT2D eigenvalue weighted by molar-refractivity contribution is 8.03. The first-order chi connectivity index (χ1) is 12.7. The van der Waals surface area contributed by atoms with Crippen LogP contribution in [0.4, 0.5) is 5.69 Å². The molecule has 0 spiro atoms. The number of allylic oxidation sites excluding steroid dienone is 4. The Hall–Kier alpha value is -2.47. The van der Waals surface area contributed by atoms with Gasteiger partial charge in [0, 0.05) is 37.0 Å². The number of hydrogen-bond acceptors (Lipinski definition) is 5. The molecule has 132 valence electrons. The van der Waals surface area contributed by atoms with Gasteiger partial charge in [-0.05, 0) is 23.6 Å². The molecule has 26 heavy (non-hydrogen) atoms. The molecule has 0 fully saturated rings. The summed E-state index contributed by atoms with van der Waals surface area (Å²) in [6.45, 7) is 2.17. The average Bonchev–Trinajstić information content (AvgIpc) is 3.14. The van der Waals surface area contributed by atoms with Gasteiger partial charge in [0.15, 0.2) is 5.76 Å². The van der Waals surface area contributed by atoms with E-state index in [0.717, 1.165) is 23.6 Å². The molecule has 0 bridgehead atoms. The van der Waals surface area contributed by atoms with Crippen LogP contribution >= 0.6 is 11.8 Å². The third kappa shape index (κ3) is 2.32. The number of nitrogens with one attached hydrogen (secondary N) is 2. The SMILES string of the molecule is CC(=O)NCCC1=C2Nc3ccccc3C3C=CN=C(C4=C1SCO4)C23. The molecule has 4 aliphatic rings. The minimum atomic E-state index is -0.00128. The fourth-order valence-electron chi connectivity index (χ4n) is 4.19. The summed E-state index contributed by atoms with van der Waals surface area (Å²) in [5, 5.41) is 6.60. The van der Waals surface area contributed by atoms with Gasteiger partial charge >= 0.3 is 0 Å². The Morgan fingerprint density at radius 2 is 2.31 bits per heavy atom. The maximum atomic E-state index is 11.3. The number of hydrogen-bond donors (Lipinski definition) is 2. The van der Waals surface area contributed by atoms with Crippen molar-refractivity contribution in [2.24, 2.45) is 10.9 Å². The monoisotopic (exact) mass is 365 g/mol. The fraction of sp³-hybridized carbons (Fsp3) is 0.300. The van der Waals surface area contributed by atoms with Crippen molar-refractivity contribution >= 4 is 29.1 Å². The topological polar surface area (TPSA) is 62.7 Å². The van der Waals surface area contributed by atoms with Gasteiger partial charge in [-0.15, -0.1) is 0 Å². The summed E-state index contributed by atoms with van der Waals surface area (Å²) in [5.74, 6) is 1.96. The van der Waals surface area contributed by atoms with E-state index >= 15 is 0 Å². The Kier molecular flexibility index (Phi) is 3.67. The number of para-hydroxylation sites is 1. The minimum Gasteiger partial charge on any atom is -0.480 e. The number of carbonyl (C=O) groups excluding carboxylic acids is 1. The van der Waals surface area contributed by atoms with Crippen LogP contribution in [0.15, 0.2) is 63.5 Å². The molecule has 0 saturated heterocycles. The van der Waals surface area contributed by atoms with E-state index in [1.807, 2.05) is 6.20 Å². The van der Waals surface area contributed by atoms with Gasteiger partial charge in [-0.1, -0.05) is 36.0 Å². The van der Waals surface area contributed by atoms with Crippen LogP contribution in [0.1, 0.15) is 24.8 Å². The highest BCUT2D eigenvalue weighted by atomic mass is 32.2. The predicted molar refractivity (Wildman–Crippen MR) is 104 cm³/mol. The summed E-state index contributed by atoms with van der Waals surface area (Å²) < 4.78 is 5.97. The Bertz CT molecular complexity index is 929. The maximum Gasteiger partial charge on any atom is 0.216 e. The van der Waals surface area contributed by atoms with Gasteiger partial charge in [-0.3, -0.25) is 9.79 Å². The molecule has 0 saturated carbocycles. The van der Waals surface area contributed by atoms with Gasteiger partial charge in [0.1, 0.15) is 5.94 Å². The van der Waals surface area contributed by atoms with Crippen LogP contribution in [0.3, 0.4) is 0 Å². The molecular formula is C20H19N3O2S. The van der Waals surface area contributed by atoms with Gasteiger partial charge in [0.25, 0.3) is 0 Å². The Balaban J connectivity index is 1.64. The molecule has 3 aliphatic heterocycles. The lowest BCUT2D eigenvalue weighted by atomic mass is 9.72. The van der Waals surface area contributed by atoms with Gasteiger partial charge in [-0.25, -0.2) is 0 Å².